The van der Waals surface area contributed by atoms with Crippen molar-refractivity contribution in [3.8, 4) is 0 Å². The van der Waals surface area contributed by atoms with Gasteiger partial charge in [-0.2, -0.15) is 0 Å². The third-order valence-electron chi connectivity index (χ3n) is 1.40. The van der Waals surface area contributed by atoms with Gasteiger partial charge in [0.25, 0.3) is 0 Å². The van der Waals surface area contributed by atoms with Crippen LogP contribution in [0.3, 0.4) is 0 Å². The number of rotatable bonds is 1. The third kappa shape index (κ3) is 1.87. The van der Waals surface area contributed by atoms with Gasteiger partial charge >= 0.3 is 0 Å². The lowest BCUT2D eigenvalue weighted by Gasteiger charge is -2.13. The molecule has 0 nitrogen and oxygen atoms in total. The molecule has 0 aliphatic heterocycles. The molecule has 0 heterocycles. The standard InChI is InChI=1S/C6F8S/c7-1-2(8)4(10)6(15(12,13)14)5(11)3(1)9. The van der Waals surface area contributed by atoms with E-state index < -0.39 is 45.2 Å². The van der Waals surface area contributed by atoms with Crippen LogP contribution in [-0.4, -0.2) is 0 Å². The minimum atomic E-state index is -6.52. The predicted octanol–water partition coefficient (Wildman–Crippen LogP) is 4.20. The van der Waals surface area contributed by atoms with Gasteiger partial charge in [0.15, 0.2) is 28.2 Å². The van der Waals surface area contributed by atoms with E-state index in [-0.39, 0.29) is 0 Å². The van der Waals surface area contributed by atoms with Crippen molar-refractivity contribution < 1.29 is 33.6 Å². The summed E-state index contributed by atoms with van der Waals surface area (Å²) in [5.41, 5.74) is 0. The third-order valence-corrected chi connectivity index (χ3v) is 2.22. The predicted molar refractivity (Wildman–Crippen MR) is 35.4 cm³/mol. The lowest BCUT2D eigenvalue weighted by Crippen LogP contribution is -2.05. The van der Waals surface area contributed by atoms with Crippen LogP contribution in [0, 0.1) is 29.1 Å². The molecule has 15 heavy (non-hydrogen) atoms. The Morgan fingerprint density at radius 2 is 0.800 bits per heavy atom. The number of hydrogen-bond donors (Lipinski definition) is 0. The molecule has 0 N–H and O–H groups in total. The summed E-state index contributed by atoms with van der Waals surface area (Å²) in [6.07, 6.45) is 0. The molecule has 0 atom stereocenters. The second-order valence-corrected chi connectivity index (χ2v) is 3.53. The van der Waals surface area contributed by atoms with Gasteiger partial charge < -0.3 is 0 Å². The van der Waals surface area contributed by atoms with E-state index in [2.05, 4.69) is 0 Å². The van der Waals surface area contributed by atoms with Crippen molar-refractivity contribution in [2.24, 2.45) is 0 Å². The molecule has 0 radical (unpaired) electrons. The average molecular weight is 256 g/mol. The molecule has 0 saturated heterocycles. The summed E-state index contributed by atoms with van der Waals surface area (Å²) in [6.45, 7) is 0. The van der Waals surface area contributed by atoms with Gasteiger partial charge in [-0.1, -0.05) is 0 Å². The van der Waals surface area contributed by atoms with Gasteiger partial charge in [0.05, 0.1) is 0 Å². The molecule has 9 heteroatoms. The second kappa shape index (κ2) is 3.54. The Morgan fingerprint density at radius 3 is 1.07 bits per heavy atom. The molecule has 1 aromatic carbocycles. The van der Waals surface area contributed by atoms with E-state index in [1.54, 1.807) is 0 Å². The van der Waals surface area contributed by atoms with E-state index in [0.717, 1.165) is 0 Å². The smallest absolute Gasteiger partial charge is 0.202 e. The van der Waals surface area contributed by atoms with E-state index in [0.29, 0.717) is 0 Å². The molecule has 0 aromatic heterocycles. The van der Waals surface area contributed by atoms with Gasteiger partial charge in [0.1, 0.15) is 0 Å². The molecular weight excluding hydrogens is 256 g/mol. The van der Waals surface area contributed by atoms with Crippen LogP contribution < -0.4 is 0 Å². The summed E-state index contributed by atoms with van der Waals surface area (Å²) < 4.78 is 97.7. The number of benzene rings is 1. The van der Waals surface area contributed by atoms with Crippen molar-refractivity contribution in [1.29, 1.82) is 0 Å². The average Bonchev–Trinajstić information content (AvgIpc) is 2.09. The topological polar surface area (TPSA) is 0 Å². The largest absolute Gasteiger partial charge is 0.243 e. The summed E-state index contributed by atoms with van der Waals surface area (Å²) >= 11 is -6.52. The van der Waals surface area contributed by atoms with Crippen LogP contribution in [0.4, 0.5) is 33.6 Å². The molecule has 1 rings (SSSR count). The number of halogens is 8. The fourth-order valence-electron chi connectivity index (χ4n) is 0.788. The van der Waals surface area contributed by atoms with Crippen molar-refractivity contribution >= 4 is 11.2 Å². The highest BCUT2D eigenvalue weighted by molar-refractivity contribution is 8.20. The summed E-state index contributed by atoms with van der Waals surface area (Å²) in [5.74, 6) is -13.5. The molecule has 0 aliphatic rings. The quantitative estimate of drug-likeness (QED) is 0.401. The van der Waals surface area contributed by atoms with Crippen molar-refractivity contribution in [3.05, 3.63) is 29.1 Å². The van der Waals surface area contributed by atoms with Gasteiger partial charge in [-0.15, -0.1) is 11.7 Å². The monoisotopic (exact) mass is 256 g/mol. The lowest BCUT2D eigenvalue weighted by molar-refractivity contribution is 0.355. The van der Waals surface area contributed by atoms with Crippen LogP contribution in [0.2, 0.25) is 0 Å². The highest BCUT2D eigenvalue weighted by atomic mass is 32.3. The van der Waals surface area contributed by atoms with Gasteiger partial charge in [-0.05, 0) is 0 Å². The Labute approximate surface area is 79.7 Å². The van der Waals surface area contributed by atoms with E-state index in [1.165, 1.54) is 0 Å². The number of hydrogen-bond acceptors (Lipinski definition) is 0. The second-order valence-electron chi connectivity index (χ2n) is 2.31. The highest BCUT2D eigenvalue weighted by Crippen LogP contribution is 2.62. The fraction of sp³-hybridized carbons (Fsp3) is 0. The zero-order chi connectivity index (χ0) is 12.0. The maximum Gasteiger partial charge on any atom is 0.243 e. The Balaban J connectivity index is 3.68. The van der Waals surface area contributed by atoms with Gasteiger partial charge in [0.2, 0.25) is 17.0 Å². The molecule has 0 spiro atoms. The summed E-state index contributed by atoms with van der Waals surface area (Å²) in [7, 11) is 0. The highest BCUT2D eigenvalue weighted by Gasteiger charge is 2.38. The van der Waals surface area contributed by atoms with Crippen LogP contribution >= 0.6 is 11.2 Å². The molecule has 0 saturated carbocycles. The minimum Gasteiger partial charge on any atom is -0.202 e. The normalized spacial score (nSPS) is 13.1. The SMILES string of the molecule is Fc1c(F)c(F)c(S(F)(F)F)c(F)c1F. The van der Waals surface area contributed by atoms with E-state index in [1.807, 2.05) is 0 Å². The zero-order valence-corrected chi connectivity index (χ0v) is 7.25. The molecule has 0 amide bonds. The van der Waals surface area contributed by atoms with Crippen molar-refractivity contribution in [3.63, 3.8) is 0 Å². The maximum atomic E-state index is 12.5. The molecule has 0 bridgehead atoms. The minimum absolute atomic E-state index is 2.61. The molecule has 0 unspecified atom stereocenters. The van der Waals surface area contributed by atoms with E-state index in [4.69, 9.17) is 0 Å². The summed E-state index contributed by atoms with van der Waals surface area (Å²) in [4.78, 5) is -2.71. The Morgan fingerprint density at radius 1 is 0.533 bits per heavy atom. The molecular formula is C6F8S. The first kappa shape index (κ1) is 12.1. The zero-order valence-electron chi connectivity index (χ0n) is 6.43. The first-order valence-electron chi connectivity index (χ1n) is 3.11. The van der Waals surface area contributed by atoms with Crippen molar-refractivity contribution in [1.82, 2.24) is 0 Å². The van der Waals surface area contributed by atoms with Crippen molar-refractivity contribution in [2.75, 3.05) is 0 Å². The van der Waals surface area contributed by atoms with Crippen LogP contribution in [0.15, 0.2) is 4.90 Å². The molecule has 0 aliphatic carbocycles. The molecule has 1 aromatic rings. The first-order valence-corrected chi connectivity index (χ1v) is 4.45. The van der Waals surface area contributed by atoms with Crippen LogP contribution in [0.25, 0.3) is 0 Å². The van der Waals surface area contributed by atoms with E-state index >= 15 is 0 Å². The van der Waals surface area contributed by atoms with Gasteiger partial charge in [-0.3, -0.25) is 0 Å². The van der Waals surface area contributed by atoms with E-state index in [9.17, 15) is 33.6 Å². The Hall–Kier alpha value is -0.990. The summed E-state index contributed by atoms with van der Waals surface area (Å²) in [6, 6.07) is 0. The lowest BCUT2D eigenvalue weighted by atomic mass is 10.3. The Kier molecular flexibility index (Phi) is 2.85. The van der Waals surface area contributed by atoms with Gasteiger partial charge in [-0.25, -0.2) is 22.0 Å². The molecule has 0 fully saturated rings. The Bertz CT molecular complexity index is 380. The van der Waals surface area contributed by atoms with Crippen LogP contribution in [0.5, 0.6) is 0 Å². The first-order chi connectivity index (χ1) is 6.68. The fourth-order valence-corrected chi connectivity index (χ4v) is 1.37. The maximum absolute atomic E-state index is 12.5. The van der Waals surface area contributed by atoms with Crippen LogP contribution in [-0.2, 0) is 0 Å². The van der Waals surface area contributed by atoms with Crippen molar-refractivity contribution in [2.45, 2.75) is 4.90 Å². The van der Waals surface area contributed by atoms with Crippen LogP contribution in [0.1, 0.15) is 0 Å². The van der Waals surface area contributed by atoms with Gasteiger partial charge in [0, 0.05) is 0 Å². The molecule has 86 valence electrons. The summed E-state index contributed by atoms with van der Waals surface area (Å²) in [5, 5.41) is 0.